The molecule has 2 N–H and O–H groups in total. The van der Waals surface area contributed by atoms with E-state index in [4.69, 9.17) is 5.41 Å². The van der Waals surface area contributed by atoms with Crippen LogP contribution in [0.25, 0.3) is 0 Å². The van der Waals surface area contributed by atoms with Gasteiger partial charge < -0.3 is 5.32 Å². The number of hydrogen-bond acceptors (Lipinski definition) is 4. The third-order valence-electron chi connectivity index (χ3n) is 6.27. The van der Waals surface area contributed by atoms with Crippen molar-refractivity contribution in [3.05, 3.63) is 71.8 Å². The van der Waals surface area contributed by atoms with Crippen LogP contribution in [0.15, 0.2) is 60.7 Å². The number of rotatable bonds is 6. The van der Waals surface area contributed by atoms with Crippen molar-refractivity contribution in [1.82, 2.24) is 14.5 Å². The van der Waals surface area contributed by atoms with E-state index in [-0.39, 0.29) is 17.8 Å². The van der Waals surface area contributed by atoms with Crippen molar-refractivity contribution < 1.29 is 13.2 Å². The molecule has 2 aromatic carbocycles. The fraction of sp³-hybridized carbons (Fsp3) is 0.391. The zero-order chi connectivity index (χ0) is 22.1. The minimum absolute atomic E-state index is 0.0773. The molecule has 0 aliphatic carbocycles. The number of nitrogens with zero attached hydrogens (tertiary/aromatic N) is 2. The van der Waals surface area contributed by atoms with Gasteiger partial charge in [-0.2, -0.15) is 0 Å². The van der Waals surface area contributed by atoms with E-state index in [0.29, 0.717) is 26.1 Å². The third-order valence-corrected chi connectivity index (χ3v) is 7.54. The lowest BCUT2D eigenvalue weighted by Crippen LogP contribution is -2.45. The summed E-state index contributed by atoms with van der Waals surface area (Å²) < 4.78 is 25.3. The predicted molar refractivity (Wildman–Crippen MR) is 120 cm³/mol. The van der Waals surface area contributed by atoms with Gasteiger partial charge in [0.1, 0.15) is 0 Å². The van der Waals surface area contributed by atoms with E-state index in [1.54, 1.807) is 0 Å². The number of sulfonamides is 1. The number of benzene rings is 2. The van der Waals surface area contributed by atoms with Gasteiger partial charge in [0, 0.05) is 19.6 Å². The molecule has 2 heterocycles. The molecular formula is C23H28N4O3S. The lowest BCUT2D eigenvalue weighted by atomic mass is 9.82. The first-order valence-electron chi connectivity index (χ1n) is 10.6. The van der Waals surface area contributed by atoms with Crippen LogP contribution in [0.5, 0.6) is 0 Å². The van der Waals surface area contributed by atoms with E-state index in [1.165, 1.54) is 15.5 Å². The van der Waals surface area contributed by atoms with Gasteiger partial charge in [-0.1, -0.05) is 60.7 Å². The molecule has 1 atom stereocenters. The van der Waals surface area contributed by atoms with E-state index < -0.39 is 15.6 Å². The summed E-state index contributed by atoms with van der Waals surface area (Å²) in [4.78, 5) is 15.3. The Morgan fingerprint density at radius 3 is 2.19 bits per heavy atom. The fourth-order valence-corrected chi connectivity index (χ4v) is 5.57. The average Bonchev–Trinajstić information content (AvgIpc) is 3.04. The largest absolute Gasteiger partial charge is 0.334 e. The smallest absolute Gasteiger partial charge is 0.264 e. The summed E-state index contributed by atoms with van der Waals surface area (Å²) >= 11 is 0. The minimum Gasteiger partial charge on any atom is -0.334 e. The van der Waals surface area contributed by atoms with Crippen LogP contribution in [0.3, 0.4) is 0 Å². The molecule has 7 nitrogen and oxygen atoms in total. The molecule has 0 saturated carbocycles. The van der Waals surface area contributed by atoms with Crippen LogP contribution in [0.1, 0.15) is 30.4 Å². The van der Waals surface area contributed by atoms with Crippen LogP contribution in [0, 0.1) is 11.3 Å². The highest BCUT2D eigenvalue weighted by molar-refractivity contribution is 7.88. The number of guanidine groups is 1. The summed E-state index contributed by atoms with van der Waals surface area (Å²) in [5.74, 6) is 0.0756. The number of carbonyl (C=O) groups is 1. The van der Waals surface area contributed by atoms with Gasteiger partial charge >= 0.3 is 0 Å². The quantitative estimate of drug-likeness (QED) is 0.721. The van der Waals surface area contributed by atoms with Crippen LogP contribution in [0.2, 0.25) is 0 Å². The topological polar surface area (TPSA) is 93.6 Å². The van der Waals surface area contributed by atoms with Crippen molar-refractivity contribution in [2.45, 2.75) is 24.8 Å². The van der Waals surface area contributed by atoms with Crippen LogP contribution in [-0.2, 0) is 20.4 Å². The zero-order valence-corrected chi connectivity index (χ0v) is 18.4. The Kier molecular flexibility index (Phi) is 5.85. The molecule has 0 bridgehead atoms. The average molecular weight is 441 g/mol. The van der Waals surface area contributed by atoms with Crippen molar-refractivity contribution in [2.24, 2.45) is 5.92 Å². The Bertz CT molecular complexity index is 1020. The van der Waals surface area contributed by atoms with Crippen molar-refractivity contribution in [2.75, 3.05) is 25.9 Å². The predicted octanol–water partition coefficient (Wildman–Crippen LogP) is 2.36. The molecule has 2 aliphatic rings. The summed E-state index contributed by atoms with van der Waals surface area (Å²) in [5, 5.41) is 11.7. The Morgan fingerprint density at radius 1 is 1.06 bits per heavy atom. The summed E-state index contributed by atoms with van der Waals surface area (Å²) in [5.41, 5.74) is 0.448. The van der Waals surface area contributed by atoms with Crippen molar-refractivity contribution in [3.63, 3.8) is 0 Å². The normalized spacial score (nSPS) is 21.8. The van der Waals surface area contributed by atoms with Gasteiger partial charge in [-0.25, -0.2) is 12.7 Å². The third kappa shape index (κ3) is 4.09. The maximum atomic E-state index is 13.8. The number of nitrogens with one attached hydrogen (secondary N) is 2. The molecule has 2 aromatic rings. The van der Waals surface area contributed by atoms with Crippen molar-refractivity contribution in [3.8, 4) is 0 Å². The maximum absolute atomic E-state index is 13.8. The lowest BCUT2D eigenvalue weighted by Gasteiger charge is -2.32. The molecule has 31 heavy (non-hydrogen) atoms. The summed E-state index contributed by atoms with van der Waals surface area (Å²) in [6.45, 7) is 1.42. The van der Waals surface area contributed by atoms with Crippen LogP contribution in [0.4, 0.5) is 0 Å². The van der Waals surface area contributed by atoms with E-state index in [2.05, 4.69) is 5.32 Å². The highest BCUT2D eigenvalue weighted by atomic mass is 32.2. The maximum Gasteiger partial charge on any atom is 0.264 e. The van der Waals surface area contributed by atoms with Gasteiger partial charge in [-0.15, -0.1) is 0 Å². The number of amides is 1. The van der Waals surface area contributed by atoms with Gasteiger partial charge in [0.05, 0.1) is 6.26 Å². The minimum atomic E-state index is -3.21. The molecule has 8 heteroatoms. The molecule has 2 saturated heterocycles. The Labute approximate surface area is 183 Å². The van der Waals surface area contributed by atoms with E-state index >= 15 is 0 Å². The van der Waals surface area contributed by atoms with E-state index in [0.717, 1.165) is 24.0 Å². The van der Waals surface area contributed by atoms with Crippen LogP contribution >= 0.6 is 0 Å². The Hall–Kier alpha value is -2.71. The number of piperidine rings is 1. The molecule has 2 aliphatic heterocycles. The summed E-state index contributed by atoms with van der Waals surface area (Å²) in [6.07, 6.45) is 3.64. The fourth-order valence-electron chi connectivity index (χ4n) is 4.63. The lowest BCUT2D eigenvalue weighted by molar-refractivity contribution is -0.130. The molecule has 164 valence electrons. The summed E-state index contributed by atoms with van der Waals surface area (Å²) in [6, 6.07) is 19.0. The van der Waals surface area contributed by atoms with Gasteiger partial charge in [0.15, 0.2) is 11.5 Å². The summed E-state index contributed by atoms with van der Waals surface area (Å²) in [7, 11) is -3.21. The first-order valence-corrected chi connectivity index (χ1v) is 12.4. The SMILES string of the molecule is CS(=O)(=O)N1CCCC(CCN2C(=N)NC(c3ccccc3)(c3ccccc3)C2=O)C1. The highest BCUT2D eigenvalue weighted by Crippen LogP contribution is 2.36. The second-order valence-corrected chi connectivity index (χ2v) is 10.3. The zero-order valence-electron chi connectivity index (χ0n) is 17.6. The van der Waals surface area contributed by atoms with Gasteiger partial charge in [0.25, 0.3) is 5.91 Å². The van der Waals surface area contributed by atoms with Gasteiger partial charge in [0.2, 0.25) is 10.0 Å². The molecular weight excluding hydrogens is 412 g/mol. The number of carbonyl (C=O) groups excluding carboxylic acids is 1. The monoisotopic (exact) mass is 440 g/mol. The second kappa shape index (κ2) is 8.43. The van der Waals surface area contributed by atoms with E-state index in [9.17, 15) is 13.2 Å². The van der Waals surface area contributed by atoms with Crippen molar-refractivity contribution >= 4 is 21.9 Å². The molecule has 4 rings (SSSR count). The number of hydrogen-bond donors (Lipinski definition) is 2. The molecule has 1 unspecified atom stereocenters. The second-order valence-electron chi connectivity index (χ2n) is 8.33. The van der Waals surface area contributed by atoms with E-state index in [1.807, 2.05) is 60.7 Å². The first-order chi connectivity index (χ1) is 14.8. The standard InChI is InChI=1S/C23H28N4O3S/c1-31(29,30)26-15-8-9-18(17-26)14-16-27-21(28)23(25-22(27)24,19-10-4-2-5-11-19)20-12-6-3-7-13-20/h2-7,10-13,18H,8-9,14-17H2,1H3,(H2,24,25). The molecule has 1 amide bonds. The molecule has 2 fully saturated rings. The van der Waals surface area contributed by atoms with Crippen LogP contribution < -0.4 is 5.32 Å². The van der Waals surface area contributed by atoms with Gasteiger partial charge in [-0.05, 0) is 36.3 Å². The van der Waals surface area contributed by atoms with Crippen molar-refractivity contribution in [1.29, 1.82) is 5.41 Å². The first kappa shape index (κ1) is 21.5. The molecule has 0 spiro atoms. The molecule has 0 radical (unpaired) electrons. The Balaban J connectivity index is 1.57. The van der Waals surface area contributed by atoms with Crippen LogP contribution in [-0.4, -0.2) is 55.4 Å². The molecule has 0 aromatic heterocycles. The van der Waals surface area contributed by atoms with Gasteiger partial charge in [-0.3, -0.25) is 15.1 Å². The highest BCUT2D eigenvalue weighted by Gasteiger charge is 2.52. The Morgan fingerprint density at radius 2 is 1.65 bits per heavy atom.